The Bertz CT molecular complexity index is 1690. The summed E-state index contributed by atoms with van der Waals surface area (Å²) in [6, 6.07) is 10.4. The highest BCUT2D eigenvalue weighted by atomic mass is 32.1. The van der Waals surface area contributed by atoms with Crippen LogP contribution in [-0.2, 0) is 0 Å². The Morgan fingerprint density at radius 2 is 1.94 bits per heavy atom. The van der Waals surface area contributed by atoms with E-state index in [1.54, 1.807) is 19.1 Å². The molecule has 4 aromatic heterocycles. The van der Waals surface area contributed by atoms with E-state index in [0.717, 1.165) is 26.5 Å². The summed E-state index contributed by atoms with van der Waals surface area (Å²) in [7, 11) is 0. The molecule has 0 aliphatic rings. The molecule has 35 heavy (non-hydrogen) atoms. The van der Waals surface area contributed by atoms with E-state index >= 15 is 0 Å². The number of aromatic carboxylic acids is 1. The molecule has 0 saturated heterocycles. The van der Waals surface area contributed by atoms with Crippen LogP contribution in [0.15, 0.2) is 51.8 Å². The van der Waals surface area contributed by atoms with Gasteiger partial charge < -0.3 is 14.8 Å². The van der Waals surface area contributed by atoms with Crippen molar-refractivity contribution in [1.82, 2.24) is 15.0 Å². The summed E-state index contributed by atoms with van der Waals surface area (Å²) in [5.41, 5.74) is 4.07. The van der Waals surface area contributed by atoms with E-state index in [-0.39, 0.29) is 17.2 Å². The Hall–Kier alpha value is -4.11. The van der Waals surface area contributed by atoms with Crippen LogP contribution < -0.4 is 10.7 Å². The van der Waals surface area contributed by atoms with Crippen LogP contribution in [-0.4, -0.2) is 26.0 Å². The molecule has 0 fully saturated rings. The zero-order valence-electron chi connectivity index (χ0n) is 19.5. The van der Waals surface area contributed by atoms with Crippen LogP contribution in [0.25, 0.3) is 32.8 Å². The lowest BCUT2D eigenvalue weighted by Crippen LogP contribution is -2.14. The topological polar surface area (TPSA) is 118 Å². The van der Waals surface area contributed by atoms with Gasteiger partial charge in [0.15, 0.2) is 16.9 Å². The minimum Gasteiger partial charge on any atom is -0.476 e. The molecule has 0 radical (unpaired) electrons. The molecule has 0 saturated carbocycles. The second kappa shape index (κ2) is 8.59. The van der Waals surface area contributed by atoms with Crippen molar-refractivity contribution in [2.24, 2.45) is 0 Å². The average Bonchev–Trinajstić information content (AvgIpc) is 3.20. The van der Waals surface area contributed by atoms with Gasteiger partial charge in [-0.15, -0.1) is 0 Å². The second-order valence-electron chi connectivity index (χ2n) is 8.44. The molecule has 1 unspecified atom stereocenters. The first-order chi connectivity index (χ1) is 16.7. The number of benzene rings is 1. The maximum atomic E-state index is 13.4. The smallest absolute Gasteiger partial charge is 0.356 e. The highest BCUT2D eigenvalue weighted by Gasteiger charge is 2.21. The van der Waals surface area contributed by atoms with Gasteiger partial charge >= 0.3 is 5.97 Å². The van der Waals surface area contributed by atoms with Crippen molar-refractivity contribution < 1.29 is 14.3 Å². The van der Waals surface area contributed by atoms with Crippen molar-refractivity contribution in [3.05, 3.63) is 80.2 Å². The molecule has 4 heterocycles. The zero-order chi connectivity index (χ0) is 24.9. The number of carboxylic acid groups (broad SMARTS) is 1. The third-order valence-electron chi connectivity index (χ3n) is 5.84. The van der Waals surface area contributed by atoms with E-state index in [2.05, 4.69) is 15.3 Å². The third-order valence-corrected chi connectivity index (χ3v) is 6.72. The predicted molar refractivity (Wildman–Crippen MR) is 136 cm³/mol. The number of carboxylic acids is 1. The van der Waals surface area contributed by atoms with Gasteiger partial charge in [0.1, 0.15) is 21.6 Å². The minimum atomic E-state index is -1.13. The molecule has 1 aromatic carbocycles. The maximum Gasteiger partial charge on any atom is 0.356 e. The molecular weight excluding hydrogens is 464 g/mol. The van der Waals surface area contributed by atoms with E-state index in [1.807, 2.05) is 45.0 Å². The Balaban J connectivity index is 1.68. The Kier molecular flexibility index (Phi) is 5.56. The molecule has 8 nitrogen and oxygen atoms in total. The average molecular weight is 487 g/mol. The number of fused-ring (bicyclic) bond motifs is 2. The third kappa shape index (κ3) is 4.04. The van der Waals surface area contributed by atoms with Crippen LogP contribution in [0.4, 0.5) is 5.69 Å². The minimum absolute atomic E-state index is 0.0772. The summed E-state index contributed by atoms with van der Waals surface area (Å²) >= 11 is 1.48. The standard InChI is InChI=1S/C26H22N4O4S/c1-12-10-16(14(3)28-18-6-5-9-27-21(18)26(32)33)24-17(11-12)22(31)13(2)23(34-24)19-7-8-20-25(30-19)35-15(4)29-20/h5-11,14,28H,1-4H3,(H,32,33). The summed E-state index contributed by atoms with van der Waals surface area (Å²) in [6.07, 6.45) is 1.43. The molecule has 0 bridgehead atoms. The summed E-state index contributed by atoms with van der Waals surface area (Å²) in [5.74, 6) is -0.723. The molecule has 0 spiro atoms. The first-order valence-corrected chi connectivity index (χ1v) is 11.8. The number of thiazole rings is 1. The van der Waals surface area contributed by atoms with Crippen molar-refractivity contribution >= 4 is 44.3 Å². The van der Waals surface area contributed by atoms with Crippen LogP contribution in [0.2, 0.25) is 0 Å². The SMILES string of the molecule is Cc1cc(C(C)Nc2cccnc2C(=O)O)c2oc(-c3ccc4nc(C)sc4n3)c(C)c(=O)c2c1. The Morgan fingerprint density at radius 1 is 1.14 bits per heavy atom. The summed E-state index contributed by atoms with van der Waals surface area (Å²) in [4.78, 5) is 38.9. The fraction of sp³-hybridized carbons (Fsp3) is 0.192. The fourth-order valence-electron chi connectivity index (χ4n) is 4.19. The largest absolute Gasteiger partial charge is 0.476 e. The lowest BCUT2D eigenvalue weighted by molar-refractivity contribution is 0.0691. The summed E-state index contributed by atoms with van der Waals surface area (Å²) in [6.45, 7) is 7.46. The molecule has 5 aromatic rings. The molecule has 0 amide bonds. The number of hydrogen-bond donors (Lipinski definition) is 2. The van der Waals surface area contributed by atoms with Gasteiger partial charge in [-0.25, -0.2) is 19.7 Å². The lowest BCUT2D eigenvalue weighted by atomic mass is 9.99. The van der Waals surface area contributed by atoms with E-state index in [9.17, 15) is 14.7 Å². The van der Waals surface area contributed by atoms with Gasteiger partial charge in [-0.2, -0.15) is 0 Å². The molecule has 176 valence electrons. The first kappa shape index (κ1) is 22.7. The number of rotatable bonds is 5. The van der Waals surface area contributed by atoms with Crippen molar-refractivity contribution in [2.75, 3.05) is 5.32 Å². The Labute approximate surface area is 204 Å². The number of hydrogen-bond acceptors (Lipinski definition) is 8. The van der Waals surface area contributed by atoms with Crippen LogP contribution in [0.5, 0.6) is 0 Å². The van der Waals surface area contributed by atoms with Gasteiger partial charge in [0.05, 0.1) is 22.1 Å². The van der Waals surface area contributed by atoms with E-state index in [4.69, 9.17) is 9.40 Å². The number of anilines is 1. The molecule has 0 aliphatic carbocycles. The van der Waals surface area contributed by atoms with Gasteiger partial charge in [0, 0.05) is 17.3 Å². The van der Waals surface area contributed by atoms with Gasteiger partial charge in [-0.3, -0.25) is 4.79 Å². The normalized spacial score (nSPS) is 12.2. The predicted octanol–water partition coefficient (Wildman–Crippen LogP) is 5.66. The molecule has 5 rings (SSSR count). The Morgan fingerprint density at radius 3 is 2.71 bits per heavy atom. The second-order valence-corrected chi connectivity index (χ2v) is 9.62. The fourth-order valence-corrected chi connectivity index (χ4v) is 4.97. The maximum absolute atomic E-state index is 13.4. The van der Waals surface area contributed by atoms with Gasteiger partial charge in [-0.05, 0) is 63.6 Å². The number of aromatic nitrogens is 3. The van der Waals surface area contributed by atoms with Gasteiger partial charge in [0.25, 0.3) is 0 Å². The number of pyridine rings is 2. The van der Waals surface area contributed by atoms with Crippen molar-refractivity contribution in [3.63, 3.8) is 0 Å². The quantitative estimate of drug-likeness (QED) is 0.327. The number of aryl methyl sites for hydroxylation is 2. The molecule has 1 atom stereocenters. The molecule has 9 heteroatoms. The highest BCUT2D eigenvalue weighted by molar-refractivity contribution is 7.18. The van der Waals surface area contributed by atoms with Crippen molar-refractivity contribution in [3.8, 4) is 11.5 Å². The van der Waals surface area contributed by atoms with E-state index < -0.39 is 5.97 Å². The van der Waals surface area contributed by atoms with Crippen LogP contribution in [0.3, 0.4) is 0 Å². The first-order valence-electron chi connectivity index (χ1n) is 11.0. The zero-order valence-corrected chi connectivity index (χ0v) is 20.4. The van der Waals surface area contributed by atoms with Crippen LogP contribution >= 0.6 is 11.3 Å². The lowest BCUT2D eigenvalue weighted by Gasteiger charge is -2.19. The number of carbonyl (C=O) groups is 1. The van der Waals surface area contributed by atoms with E-state index in [1.165, 1.54) is 17.5 Å². The highest BCUT2D eigenvalue weighted by Crippen LogP contribution is 2.33. The van der Waals surface area contributed by atoms with Crippen LogP contribution in [0.1, 0.15) is 45.2 Å². The monoisotopic (exact) mass is 486 g/mol. The number of nitrogens with zero attached hydrogens (tertiary/aromatic N) is 3. The molecule has 0 aliphatic heterocycles. The van der Waals surface area contributed by atoms with Crippen LogP contribution in [0, 0.1) is 20.8 Å². The van der Waals surface area contributed by atoms with E-state index in [0.29, 0.717) is 33.7 Å². The number of nitrogens with one attached hydrogen (secondary N) is 1. The van der Waals surface area contributed by atoms with Crippen molar-refractivity contribution in [1.29, 1.82) is 0 Å². The molecule has 2 N–H and O–H groups in total. The van der Waals surface area contributed by atoms with Gasteiger partial charge in [0.2, 0.25) is 0 Å². The van der Waals surface area contributed by atoms with Crippen molar-refractivity contribution in [2.45, 2.75) is 33.7 Å². The summed E-state index contributed by atoms with van der Waals surface area (Å²) < 4.78 is 6.39. The van der Waals surface area contributed by atoms with Gasteiger partial charge in [-0.1, -0.05) is 17.4 Å². The molecular formula is C26H22N4O4S. The summed E-state index contributed by atoms with van der Waals surface area (Å²) in [5, 5.41) is 14.1.